The first-order chi connectivity index (χ1) is 9.61. The molecule has 2 aromatic heterocycles. The lowest BCUT2D eigenvalue weighted by atomic mass is 10.2. The van der Waals surface area contributed by atoms with Crippen LogP contribution in [0, 0.1) is 0 Å². The van der Waals surface area contributed by atoms with E-state index in [2.05, 4.69) is 23.4 Å². The molecule has 0 spiro atoms. The van der Waals surface area contributed by atoms with Crippen LogP contribution in [-0.4, -0.2) is 21.6 Å². The number of hydrogen-bond donors (Lipinski definition) is 1. The lowest BCUT2D eigenvalue weighted by Crippen LogP contribution is -2.08. The van der Waals surface area contributed by atoms with Crippen LogP contribution in [0.25, 0.3) is 11.3 Å². The van der Waals surface area contributed by atoms with Crippen molar-refractivity contribution >= 4 is 5.82 Å². The van der Waals surface area contributed by atoms with Crippen molar-refractivity contribution in [2.75, 3.05) is 12.8 Å². The molecule has 0 bridgehead atoms. The van der Waals surface area contributed by atoms with E-state index in [1.165, 1.54) is 12.8 Å². The molecular formula is C15H20N4O. The number of nitrogen functional groups attached to an aromatic ring is 1. The average molecular weight is 272 g/mol. The van der Waals surface area contributed by atoms with E-state index in [9.17, 15) is 0 Å². The molecule has 0 atom stereocenters. The van der Waals surface area contributed by atoms with Gasteiger partial charge in [-0.25, -0.2) is 9.97 Å². The molecule has 1 fully saturated rings. The molecule has 2 N–H and O–H groups in total. The van der Waals surface area contributed by atoms with E-state index in [0.29, 0.717) is 17.8 Å². The highest BCUT2D eigenvalue weighted by Gasteiger charge is 2.31. The molecule has 3 rings (SSSR count). The maximum atomic E-state index is 6.31. The summed E-state index contributed by atoms with van der Waals surface area (Å²) in [5.41, 5.74) is 8.08. The van der Waals surface area contributed by atoms with E-state index in [0.717, 1.165) is 22.9 Å². The Bertz CT molecular complexity index is 612. The number of imidazole rings is 1. The molecular weight excluding hydrogens is 252 g/mol. The van der Waals surface area contributed by atoms with E-state index in [1.807, 2.05) is 12.1 Å². The van der Waals surface area contributed by atoms with Crippen LogP contribution in [0.1, 0.15) is 44.5 Å². The number of rotatable bonds is 4. The fourth-order valence-corrected chi connectivity index (χ4v) is 2.49. The number of anilines is 1. The first-order valence-electron chi connectivity index (χ1n) is 6.99. The molecule has 0 radical (unpaired) electrons. The summed E-state index contributed by atoms with van der Waals surface area (Å²) in [6.07, 6.45) is 4.19. The molecule has 2 heterocycles. The molecule has 5 nitrogen and oxygen atoms in total. The van der Waals surface area contributed by atoms with Gasteiger partial charge in [0.1, 0.15) is 17.3 Å². The SMILES string of the molecule is COc1ccc(-c2nc(C3CC3)n(C(C)C)c2N)cn1. The standard InChI is InChI=1S/C15H20N4O/c1-9(2)19-14(16)13(18-15(19)10-4-5-10)11-6-7-12(20-3)17-8-11/h6-10H,4-5,16H2,1-3H3. The van der Waals surface area contributed by atoms with Gasteiger partial charge in [0.25, 0.3) is 0 Å². The summed E-state index contributed by atoms with van der Waals surface area (Å²) in [5, 5.41) is 0. The Kier molecular flexibility index (Phi) is 3.12. The third kappa shape index (κ3) is 2.13. The molecule has 0 aliphatic heterocycles. The van der Waals surface area contributed by atoms with Crippen LogP contribution in [-0.2, 0) is 0 Å². The Morgan fingerprint density at radius 3 is 2.60 bits per heavy atom. The Balaban J connectivity index is 2.06. The maximum Gasteiger partial charge on any atom is 0.212 e. The minimum atomic E-state index is 0.318. The second-order valence-electron chi connectivity index (χ2n) is 5.53. The zero-order chi connectivity index (χ0) is 14.3. The van der Waals surface area contributed by atoms with Crippen molar-refractivity contribution in [3.63, 3.8) is 0 Å². The van der Waals surface area contributed by atoms with E-state index in [1.54, 1.807) is 13.3 Å². The molecule has 0 saturated heterocycles. The van der Waals surface area contributed by atoms with Gasteiger partial charge in [0.05, 0.1) is 7.11 Å². The van der Waals surface area contributed by atoms with Gasteiger partial charge in [-0.1, -0.05) is 0 Å². The average Bonchev–Trinajstić information content (AvgIpc) is 3.22. The Labute approximate surface area is 118 Å². The van der Waals surface area contributed by atoms with Crippen molar-refractivity contribution < 1.29 is 4.74 Å². The van der Waals surface area contributed by atoms with Crippen LogP contribution in [0.5, 0.6) is 5.88 Å². The molecule has 1 saturated carbocycles. The molecule has 20 heavy (non-hydrogen) atoms. The minimum absolute atomic E-state index is 0.318. The molecule has 1 aliphatic rings. The second kappa shape index (κ2) is 4.81. The Hall–Kier alpha value is -2.04. The molecule has 0 aromatic carbocycles. The minimum Gasteiger partial charge on any atom is -0.481 e. The summed E-state index contributed by atoms with van der Waals surface area (Å²) in [4.78, 5) is 9.01. The van der Waals surface area contributed by atoms with E-state index in [-0.39, 0.29) is 0 Å². The third-order valence-corrected chi connectivity index (χ3v) is 3.65. The normalized spacial score (nSPS) is 14.8. The molecule has 2 aromatic rings. The van der Waals surface area contributed by atoms with Crippen LogP contribution < -0.4 is 10.5 Å². The van der Waals surface area contributed by atoms with E-state index in [4.69, 9.17) is 15.5 Å². The highest BCUT2D eigenvalue weighted by atomic mass is 16.5. The summed E-state index contributed by atoms with van der Waals surface area (Å²) in [6, 6.07) is 4.10. The van der Waals surface area contributed by atoms with Gasteiger partial charge < -0.3 is 15.0 Å². The van der Waals surface area contributed by atoms with Crippen LogP contribution >= 0.6 is 0 Å². The fourth-order valence-electron chi connectivity index (χ4n) is 2.49. The molecule has 106 valence electrons. The molecule has 1 aliphatic carbocycles. The molecule has 0 amide bonds. The molecule has 5 heteroatoms. The van der Waals surface area contributed by atoms with Gasteiger partial charge in [-0.05, 0) is 32.8 Å². The largest absolute Gasteiger partial charge is 0.481 e. The van der Waals surface area contributed by atoms with E-state index >= 15 is 0 Å². The summed E-state index contributed by atoms with van der Waals surface area (Å²) in [7, 11) is 1.61. The van der Waals surface area contributed by atoms with Gasteiger partial charge in [-0.15, -0.1) is 0 Å². The highest BCUT2D eigenvalue weighted by molar-refractivity contribution is 5.71. The van der Waals surface area contributed by atoms with Crippen LogP contribution in [0.2, 0.25) is 0 Å². The zero-order valence-electron chi connectivity index (χ0n) is 12.1. The number of nitrogens with zero attached hydrogens (tertiary/aromatic N) is 3. The van der Waals surface area contributed by atoms with Crippen LogP contribution in [0.15, 0.2) is 18.3 Å². The van der Waals surface area contributed by atoms with Crippen LogP contribution in [0.4, 0.5) is 5.82 Å². The van der Waals surface area contributed by atoms with Gasteiger partial charge in [0.15, 0.2) is 0 Å². The van der Waals surface area contributed by atoms with Crippen molar-refractivity contribution in [2.45, 2.75) is 38.6 Å². The number of ether oxygens (including phenoxy) is 1. The zero-order valence-corrected chi connectivity index (χ0v) is 12.1. The summed E-state index contributed by atoms with van der Waals surface area (Å²) >= 11 is 0. The summed E-state index contributed by atoms with van der Waals surface area (Å²) in [6.45, 7) is 4.28. The maximum absolute atomic E-state index is 6.31. The van der Waals surface area contributed by atoms with Crippen molar-refractivity contribution in [1.82, 2.24) is 14.5 Å². The van der Waals surface area contributed by atoms with Crippen molar-refractivity contribution in [2.24, 2.45) is 0 Å². The first kappa shape index (κ1) is 13.0. The number of pyridine rings is 1. The second-order valence-corrected chi connectivity index (χ2v) is 5.53. The summed E-state index contributed by atoms with van der Waals surface area (Å²) < 4.78 is 7.23. The van der Waals surface area contributed by atoms with Crippen molar-refractivity contribution in [1.29, 1.82) is 0 Å². The number of methoxy groups -OCH3 is 1. The van der Waals surface area contributed by atoms with Crippen molar-refractivity contribution in [3.05, 3.63) is 24.2 Å². The number of nitrogens with two attached hydrogens (primary N) is 1. The van der Waals surface area contributed by atoms with Gasteiger partial charge >= 0.3 is 0 Å². The number of aromatic nitrogens is 3. The lowest BCUT2D eigenvalue weighted by Gasteiger charge is -2.13. The Morgan fingerprint density at radius 1 is 1.35 bits per heavy atom. The Morgan fingerprint density at radius 2 is 2.10 bits per heavy atom. The third-order valence-electron chi connectivity index (χ3n) is 3.65. The number of hydrogen-bond acceptors (Lipinski definition) is 4. The first-order valence-corrected chi connectivity index (χ1v) is 6.99. The topological polar surface area (TPSA) is 66.0 Å². The lowest BCUT2D eigenvalue weighted by molar-refractivity contribution is 0.398. The van der Waals surface area contributed by atoms with Gasteiger partial charge in [0.2, 0.25) is 5.88 Å². The predicted octanol–water partition coefficient (Wildman–Crippen LogP) is 2.99. The predicted molar refractivity (Wildman–Crippen MR) is 78.8 cm³/mol. The van der Waals surface area contributed by atoms with Gasteiger partial charge in [0, 0.05) is 29.8 Å². The van der Waals surface area contributed by atoms with Gasteiger partial charge in [-0.3, -0.25) is 0 Å². The monoisotopic (exact) mass is 272 g/mol. The van der Waals surface area contributed by atoms with Crippen molar-refractivity contribution in [3.8, 4) is 17.1 Å². The smallest absolute Gasteiger partial charge is 0.212 e. The molecule has 0 unspecified atom stereocenters. The van der Waals surface area contributed by atoms with Crippen LogP contribution in [0.3, 0.4) is 0 Å². The van der Waals surface area contributed by atoms with Gasteiger partial charge in [-0.2, -0.15) is 0 Å². The summed E-state index contributed by atoms with van der Waals surface area (Å²) in [5.74, 6) is 3.01. The highest BCUT2D eigenvalue weighted by Crippen LogP contribution is 2.43. The quantitative estimate of drug-likeness (QED) is 0.929. The van der Waals surface area contributed by atoms with E-state index < -0.39 is 0 Å². The fraction of sp³-hybridized carbons (Fsp3) is 0.467.